The van der Waals surface area contributed by atoms with Gasteiger partial charge in [-0.05, 0) is 25.2 Å². The van der Waals surface area contributed by atoms with Gasteiger partial charge in [-0.2, -0.15) is 0 Å². The Hall–Kier alpha value is -0.900. The molecule has 31 heavy (non-hydrogen) atoms. The zero-order valence-electron chi connectivity index (χ0n) is 20.6. The zero-order valence-corrected chi connectivity index (χ0v) is 20.6. The molecule has 1 heterocycles. The number of ether oxygens (including phenoxy) is 1. The maximum atomic E-state index is 13.6. The average Bonchev–Trinajstić information content (AvgIpc) is 2.63. The minimum absolute atomic E-state index is 0.0284. The second kappa shape index (κ2) is 9.93. The summed E-state index contributed by atoms with van der Waals surface area (Å²) < 4.78 is 5.84. The summed E-state index contributed by atoms with van der Waals surface area (Å²) in [5, 5.41) is 34.1. The minimum Gasteiger partial charge on any atom is -0.394 e. The molecular formula is C23H44N2O6. The number of carbonyl (C=O) groups excluding carboxylic acids is 2. The Morgan fingerprint density at radius 2 is 1.55 bits per heavy atom. The lowest BCUT2D eigenvalue weighted by molar-refractivity contribution is -0.223. The van der Waals surface area contributed by atoms with E-state index in [-0.39, 0.29) is 24.0 Å². The Bertz CT molecular complexity index is 640. The highest BCUT2D eigenvalue weighted by atomic mass is 16.5. The third-order valence-corrected chi connectivity index (χ3v) is 7.23. The molecule has 1 fully saturated rings. The number of Topliss-reactive ketones (excluding diaryl/α,β-unsaturated/α-hetero) is 2. The van der Waals surface area contributed by atoms with Crippen molar-refractivity contribution in [2.75, 3.05) is 13.2 Å². The fourth-order valence-electron chi connectivity index (χ4n) is 3.89. The molecule has 1 aliphatic rings. The molecule has 0 saturated carbocycles. The van der Waals surface area contributed by atoms with Gasteiger partial charge >= 0.3 is 0 Å². The number of aliphatic hydroxyl groups excluding tert-OH is 3. The molecule has 0 spiro atoms. The quantitative estimate of drug-likeness (QED) is 0.352. The second-order valence-electron chi connectivity index (χ2n) is 11.2. The standard InChI is InChI=1S/C23H44N2O6/c1-12(2)13(10-24)18(29)23(8,9)25-20-15(17(28)16(27)14(11-26)31-20)19(30)22(6,7)21(3,4)5/h12-17,20,25-28H,10-11,24H2,1-9H3/t13?,14-,15?,16-,17-,20?/m1/s1. The number of rotatable bonds is 9. The molecule has 0 bridgehead atoms. The van der Waals surface area contributed by atoms with Crippen LogP contribution in [0.4, 0.5) is 0 Å². The first kappa shape index (κ1) is 28.1. The molecule has 182 valence electrons. The lowest BCUT2D eigenvalue weighted by atomic mass is 9.62. The number of nitrogens with two attached hydrogens (primary N) is 1. The van der Waals surface area contributed by atoms with Crippen LogP contribution < -0.4 is 11.1 Å². The Morgan fingerprint density at radius 1 is 1.03 bits per heavy atom. The molecular weight excluding hydrogens is 400 g/mol. The lowest BCUT2D eigenvalue weighted by Gasteiger charge is -2.48. The summed E-state index contributed by atoms with van der Waals surface area (Å²) in [6, 6.07) is 0. The predicted molar refractivity (Wildman–Crippen MR) is 119 cm³/mol. The monoisotopic (exact) mass is 444 g/mol. The van der Waals surface area contributed by atoms with Gasteiger partial charge in [0.1, 0.15) is 24.2 Å². The lowest BCUT2D eigenvalue weighted by Crippen LogP contribution is -2.67. The third kappa shape index (κ3) is 5.72. The Kier molecular flexibility index (Phi) is 9.01. The first-order chi connectivity index (χ1) is 13.9. The summed E-state index contributed by atoms with van der Waals surface area (Å²) in [6.07, 6.45) is -5.05. The van der Waals surface area contributed by atoms with Crippen LogP contribution in [0, 0.1) is 28.6 Å². The van der Waals surface area contributed by atoms with Crippen molar-refractivity contribution in [1.82, 2.24) is 5.32 Å². The van der Waals surface area contributed by atoms with E-state index in [4.69, 9.17) is 10.5 Å². The maximum absolute atomic E-state index is 13.6. The van der Waals surface area contributed by atoms with Gasteiger partial charge < -0.3 is 25.8 Å². The van der Waals surface area contributed by atoms with E-state index in [0.717, 1.165) is 0 Å². The van der Waals surface area contributed by atoms with Crippen LogP contribution in [0.15, 0.2) is 0 Å². The van der Waals surface area contributed by atoms with Crippen molar-refractivity contribution in [3.63, 3.8) is 0 Å². The molecule has 1 saturated heterocycles. The summed E-state index contributed by atoms with van der Waals surface area (Å²) in [4.78, 5) is 26.8. The van der Waals surface area contributed by atoms with Crippen molar-refractivity contribution in [2.45, 2.75) is 92.4 Å². The minimum atomic E-state index is -1.46. The summed E-state index contributed by atoms with van der Waals surface area (Å²) in [5.41, 5.74) is 3.42. The van der Waals surface area contributed by atoms with Gasteiger partial charge in [0.15, 0.2) is 5.78 Å². The molecule has 0 aromatic rings. The SMILES string of the molecule is CC(C)C(CN)C(=O)C(C)(C)NC1O[C@H](CO)[C@@H](O)[C@H](O)C1C(=O)C(C)(C)C(C)(C)C. The van der Waals surface area contributed by atoms with Gasteiger partial charge in [0.2, 0.25) is 0 Å². The van der Waals surface area contributed by atoms with E-state index < -0.39 is 59.4 Å². The van der Waals surface area contributed by atoms with E-state index in [1.54, 1.807) is 27.7 Å². The molecule has 3 unspecified atom stereocenters. The largest absolute Gasteiger partial charge is 0.394 e. The van der Waals surface area contributed by atoms with Crippen LogP contribution in [-0.4, -0.2) is 70.1 Å². The van der Waals surface area contributed by atoms with Gasteiger partial charge in [-0.25, -0.2) is 0 Å². The van der Waals surface area contributed by atoms with Crippen LogP contribution in [0.1, 0.15) is 62.3 Å². The van der Waals surface area contributed by atoms with E-state index >= 15 is 0 Å². The number of hydrogen-bond donors (Lipinski definition) is 5. The molecule has 0 aromatic carbocycles. The first-order valence-corrected chi connectivity index (χ1v) is 11.1. The van der Waals surface area contributed by atoms with E-state index in [9.17, 15) is 24.9 Å². The van der Waals surface area contributed by atoms with Gasteiger partial charge in [-0.15, -0.1) is 0 Å². The summed E-state index contributed by atoms with van der Waals surface area (Å²) in [6.45, 7) is 16.2. The highest BCUT2D eigenvalue weighted by molar-refractivity contribution is 5.91. The molecule has 8 heteroatoms. The predicted octanol–water partition coefficient (Wildman–Crippen LogP) is 0.851. The summed E-state index contributed by atoms with van der Waals surface area (Å²) >= 11 is 0. The highest BCUT2D eigenvalue weighted by Crippen LogP contribution is 2.43. The second-order valence-corrected chi connectivity index (χ2v) is 11.2. The topological polar surface area (TPSA) is 142 Å². The third-order valence-electron chi connectivity index (χ3n) is 7.23. The van der Waals surface area contributed by atoms with Crippen LogP contribution in [-0.2, 0) is 14.3 Å². The van der Waals surface area contributed by atoms with Gasteiger partial charge in [-0.3, -0.25) is 14.9 Å². The van der Waals surface area contributed by atoms with Crippen molar-refractivity contribution in [1.29, 1.82) is 0 Å². The van der Waals surface area contributed by atoms with Crippen LogP contribution in [0.3, 0.4) is 0 Å². The highest BCUT2D eigenvalue weighted by Gasteiger charge is 2.54. The van der Waals surface area contributed by atoms with Crippen LogP contribution in [0.5, 0.6) is 0 Å². The van der Waals surface area contributed by atoms with E-state index in [2.05, 4.69) is 5.32 Å². The molecule has 0 aromatic heterocycles. The molecule has 1 aliphatic heterocycles. The number of ketones is 2. The molecule has 8 nitrogen and oxygen atoms in total. The van der Waals surface area contributed by atoms with Crippen molar-refractivity contribution in [3.05, 3.63) is 0 Å². The molecule has 1 rings (SSSR count). The first-order valence-electron chi connectivity index (χ1n) is 11.1. The van der Waals surface area contributed by atoms with Gasteiger partial charge in [-0.1, -0.05) is 48.5 Å². The van der Waals surface area contributed by atoms with E-state index in [1.165, 1.54) is 0 Å². The number of aliphatic hydroxyl groups is 3. The fraction of sp³-hybridized carbons (Fsp3) is 0.913. The van der Waals surface area contributed by atoms with Crippen LogP contribution in [0.2, 0.25) is 0 Å². The van der Waals surface area contributed by atoms with E-state index in [0.29, 0.717) is 0 Å². The van der Waals surface area contributed by atoms with Gasteiger partial charge in [0, 0.05) is 17.9 Å². The molecule has 0 amide bonds. The fourth-order valence-corrected chi connectivity index (χ4v) is 3.89. The van der Waals surface area contributed by atoms with Crippen LogP contribution >= 0.6 is 0 Å². The van der Waals surface area contributed by atoms with Crippen molar-refractivity contribution in [3.8, 4) is 0 Å². The van der Waals surface area contributed by atoms with Crippen molar-refractivity contribution in [2.24, 2.45) is 34.3 Å². The Labute approximate surface area is 186 Å². The maximum Gasteiger partial charge on any atom is 0.156 e. The summed E-state index contributed by atoms with van der Waals surface area (Å²) in [7, 11) is 0. The number of nitrogens with one attached hydrogen (secondary N) is 1. The molecule has 0 aliphatic carbocycles. The van der Waals surface area contributed by atoms with Crippen molar-refractivity contribution >= 4 is 11.6 Å². The average molecular weight is 445 g/mol. The summed E-state index contributed by atoms with van der Waals surface area (Å²) in [5.74, 6) is -1.91. The smallest absolute Gasteiger partial charge is 0.156 e. The number of carbonyl (C=O) groups is 2. The van der Waals surface area contributed by atoms with Crippen molar-refractivity contribution < 1.29 is 29.6 Å². The normalized spacial score (nSPS) is 29.2. The van der Waals surface area contributed by atoms with Crippen LogP contribution in [0.25, 0.3) is 0 Å². The van der Waals surface area contributed by atoms with E-state index in [1.807, 2.05) is 34.6 Å². The molecule has 6 N–H and O–H groups in total. The molecule has 6 atom stereocenters. The van der Waals surface area contributed by atoms with Gasteiger partial charge in [0.25, 0.3) is 0 Å². The van der Waals surface area contributed by atoms with Gasteiger partial charge in [0.05, 0.1) is 24.2 Å². The number of hydrogen-bond acceptors (Lipinski definition) is 8. The molecule has 0 radical (unpaired) electrons. The zero-order chi connectivity index (χ0) is 24.5. The Morgan fingerprint density at radius 3 is 1.94 bits per heavy atom. The Balaban J connectivity index is 3.37.